The van der Waals surface area contributed by atoms with Crippen molar-refractivity contribution in [2.45, 2.75) is 26.3 Å². The molecule has 0 fully saturated rings. The summed E-state index contributed by atoms with van der Waals surface area (Å²) in [6, 6.07) is 0. The molecule has 62 valence electrons. The second-order valence-corrected chi connectivity index (χ2v) is 2.71. The van der Waals surface area contributed by atoms with Gasteiger partial charge >= 0.3 is 0 Å². The molecule has 3 nitrogen and oxygen atoms in total. The summed E-state index contributed by atoms with van der Waals surface area (Å²) in [4.78, 5) is 4.36. The van der Waals surface area contributed by atoms with Gasteiger partial charge in [0, 0.05) is 26.2 Å². The Hall–Kier alpha value is -0.830. The van der Waals surface area contributed by atoms with E-state index >= 15 is 0 Å². The van der Waals surface area contributed by atoms with E-state index in [2.05, 4.69) is 11.9 Å². The van der Waals surface area contributed by atoms with E-state index < -0.39 is 0 Å². The molecule has 2 N–H and O–H groups in total. The molecule has 0 saturated heterocycles. The summed E-state index contributed by atoms with van der Waals surface area (Å²) in [6.07, 6.45) is 4.16. The molecule has 0 aliphatic rings. The van der Waals surface area contributed by atoms with E-state index in [9.17, 15) is 0 Å². The molecule has 1 aromatic rings. The summed E-state index contributed by atoms with van der Waals surface area (Å²) in [7, 11) is 2.01. The van der Waals surface area contributed by atoms with E-state index in [1.165, 1.54) is 0 Å². The molecule has 3 heteroatoms. The van der Waals surface area contributed by atoms with Crippen LogP contribution in [-0.4, -0.2) is 9.55 Å². The van der Waals surface area contributed by atoms with Gasteiger partial charge < -0.3 is 10.3 Å². The van der Waals surface area contributed by atoms with Gasteiger partial charge in [0.25, 0.3) is 0 Å². The van der Waals surface area contributed by atoms with Gasteiger partial charge in [0.05, 0.1) is 5.69 Å². The third kappa shape index (κ3) is 1.80. The molecule has 1 aromatic heterocycles. The quantitative estimate of drug-likeness (QED) is 0.699. The lowest BCUT2D eigenvalue weighted by atomic mass is 10.3. The first kappa shape index (κ1) is 8.27. The van der Waals surface area contributed by atoms with Gasteiger partial charge in [-0.15, -0.1) is 0 Å². The lowest BCUT2D eigenvalue weighted by molar-refractivity contribution is 0.758. The first-order valence-corrected chi connectivity index (χ1v) is 3.99. The molecule has 0 saturated carbocycles. The standard InChI is InChI=1S/C8H15N3/c1-3-4-8-10-7(5-9)6-11(8)2/h6H,3-5,9H2,1-2H3. The van der Waals surface area contributed by atoms with Crippen molar-refractivity contribution in [3.05, 3.63) is 17.7 Å². The SMILES string of the molecule is CCCc1nc(CN)cn1C. The Balaban J connectivity index is 2.79. The Morgan fingerprint density at radius 2 is 2.36 bits per heavy atom. The molecule has 0 aliphatic heterocycles. The number of rotatable bonds is 3. The fraction of sp³-hybridized carbons (Fsp3) is 0.625. The van der Waals surface area contributed by atoms with E-state index in [-0.39, 0.29) is 0 Å². The summed E-state index contributed by atoms with van der Waals surface area (Å²) < 4.78 is 2.05. The largest absolute Gasteiger partial charge is 0.338 e. The third-order valence-electron chi connectivity index (χ3n) is 1.71. The van der Waals surface area contributed by atoms with Gasteiger partial charge in [-0.1, -0.05) is 6.92 Å². The van der Waals surface area contributed by atoms with Crippen molar-refractivity contribution in [3.8, 4) is 0 Å². The average Bonchev–Trinajstić information content (AvgIpc) is 2.33. The van der Waals surface area contributed by atoms with Crippen LogP contribution in [0.5, 0.6) is 0 Å². The number of aromatic nitrogens is 2. The molecular formula is C8H15N3. The van der Waals surface area contributed by atoms with Gasteiger partial charge in [-0.25, -0.2) is 4.98 Å². The van der Waals surface area contributed by atoms with Crippen molar-refractivity contribution in [1.82, 2.24) is 9.55 Å². The van der Waals surface area contributed by atoms with Gasteiger partial charge in [-0.05, 0) is 6.42 Å². The van der Waals surface area contributed by atoms with Gasteiger partial charge in [0.2, 0.25) is 0 Å². The predicted octanol–water partition coefficient (Wildman–Crippen LogP) is 0.831. The highest BCUT2D eigenvalue weighted by atomic mass is 15.0. The van der Waals surface area contributed by atoms with Crippen molar-refractivity contribution in [2.24, 2.45) is 12.8 Å². The topological polar surface area (TPSA) is 43.8 Å². The molecule has 0 spiro atoms. The molecule has 11 heavy (non-hydrogen) atoms. The molecule has 1 heterocycles. The number of aryl methyl sites for hydroxylation is 2. The van der Waals surface area contributed by atoms with Crippen LogP contribution in [0.4, 0.5) is 0 Å². The van der Waals surface area contributed by atoms with Gasteiger partial charge in [-0.3, -0.25) is 0 Å². The van der Waals surface area contributed by atoms with Crippen LogP contribution in [0.1, 0.15) is 24.9 Å². The summed E-state index contributed by atoms with van der Waals surface area (Å²) >= 11 is 0. The van der Waals surface area contributed by atoms with Crippen LogP contribution >= 0.6 is 0 Å². The Bertz CT molecular complexity index is 227. The Morgan fingerprint density at radius 3 is 2.82 bits per heavy atom. The highest BCUT2D eigenvalue weighted by Crippen LogP contribution is 2.02. The fourth-order valence-electron chi connectivity index (χ4n) is 1.13. The third-order valence-corrected chi connectivity index (χ3v) is 1.71. The fourth-order valence-corrected chi connectivity index (χ4v) is 1.13. The first-order valence-electron chi connectivity index (χ1n) is 3.99. The minimum atomic E-state index is 0.539. The zero-order valence-electron chi connectivity index (χ0n) is 7.17. The predicted molar refractivity (Wildman–Crippen MR) is 45.1 cm³/mol. The second-order valence-electron chi connectivity index (χ2n) is 2.71. The lowest BCUT2D eigenvalue weighted by Gasteiger charge is -1.95. The van der Waals surface area contributed by atoms with E-state index in [1.54, 1.807) is 0 Å². The number of hydrogen-bond acceptors (Lipinski definition) is 2. The van der Waals surface area contributed by atoms with E-state index in [1.807, 2.05) is 17.8 Å². The van der Waals surface area contributed by atoms with Gasteiger partial charge in [0.15, 0.2) is 0 Å². The van der Waals surface area contributed by atoms with Gasteiger partial charge in [-0.2, -0.15) is 0 Å². The number of nitrogens with two attached hydrogens (primary N) is 1. The van der Waals surface area contributed by atoms with E-state index in [0.29, 0.717) is 6.54 Å². The molecule has 0 bridgehead atoms. The molecule has 0 amide bonds. The van der Waals surface area contributed by atoms with Crippen LogP contribution in [0, 0.1) is 0 Å². The van der Waals surface area contributed by atoms with Crippen molar-refractivity contribution in [1.29, 1.82) is 0 Å². The Morgan fingerprint density at radius 1 is 1.64 bits per heavy atom. The minimum Gasteiger partial charge on any atom is -0.338 e. The van der Waals surface area contributed by atoms with Crippen molar-refractivity contribution in [2.75, 3.05) is 0 Å². The average molecular weight is 153 g/mol. The highest BCUT2D eigenvalue weighted by molar-refractivity contribution is 5.03. The lowest BCUT2D eigenvalue weighted by Crippen LogP contribution is -1.96. The van der Waals surface area contributed by atoms with Crippen LogP contribution in [0.3, 0.4) is 0 Å². The van der Waals surface area contributed by atoms with Crippen LogP contribution in [-0.2, 0) is 20.0 Å². The molecule has 0 radical (unpaired) electrons. The number of nitrogens with zero attached hydrogens (tertiary/aromatic N) is 2. The zero-order chi connectivity index (χ0) is 8.27. The summed E-state index contributed by atoms with van der Waals surface area (Å²) in [5, 5.41) is 0. The van der Waals surface area contributed by atoms with Crippen molar-refractivity contribution in [3.63, 3.8) is 0 Å². The summed E-state index contributed by atoms with van der Waals surface area (Å²) in [6.45, 7) is 2.69. The second kappa shape index (κ2) is 3.53. The number of hydrogen-bond donors (Lipinski definition) is 1. The molecule has 0 unspecified atom stereocenters. The molecule has 0 atom stereocenters. The van der Waals surface area contributed by atoms with E-state index in [0.717, 1.165) is 24.4 Å². The first-order chi connectivity index (χ1) is 5.27. The molecule has 0 aliphatic carbocycles. The monoisotopic (exact) mass is 153 g/mol. The molecule has 1 rings (SSSR count). The maximum Gasteiger partial charge on any atom is 0.108 e. The molecular weight excluding hydrogens is 138 g/mol. The van der Waals surface area contributed by atoms with Crippen LogP contribution in [0.2, 0.25) is 0 Å². The molecule has 0 aromatic carbocycles. The highest BCUT2D eigenvalue weighted by Gasteiger charge is 2.01. The van der Waals surface area contributed by atoms with E-state index in [4.69, 9.17) is 5.73 Å². The Kier molecular flexibility index (Phi) is 2.65. The van der Waals surface area contributed by atoms with Crippen molar-refractivity contribution >= 4 is 0 Å². The van der Waals surface area contributed by atoms with Crippen LogP contribution in [0.15, 0.2) is 6.20 Å². The minimum absolute atomic E-state index is 0.539. The van der Waals surface area contributed by atoms with Crippen LogP contribution in [0.25, 0.3) is 0 Å². The number of imidazole rings is 1. The normalized spacial score (nSPS) is 10.5. The smallest absolute Gasteiger partial charge is 0.108 e. The summed E-state index contributed by atoms with van der Waals surface area (Å²) in [5.41, 5.74) is 6.43. The summed E-state index contributed by atoms with van der Waals surface area (Å²) in [5.74, 6) is 1.13. The Labute approximate surface area is 67.2 Å². The maximum absolute atomic E-state index is 5.45. The van der Waals surface area contributed by atoms with Crippen LogP contribution < -0.4 is 5.73 Å². The maximum atomic E-state index is 5.45. The zero-order valence-corrected chi connectivity index (χ0v) is 7.17. The van der Waals surface area contributed by atoms with Gasteiger partial charge in [0.1, 0.15) is 5.82 Å². The van der Waals surface area contributed by atoms with Crippen molar-refractivity contribution < 1.29 is 0 Å².